The summed E-state index contributed by atoms with van der Waals surface area (Å²) in [4.78, 5) is 2.33. The number of fused-ring (bicyclic) bond motifs is 1. The quantitative estimate of drug-likeness (QED) is 0.903. The van der Waals surface area contributed by atoms with E-state index in [0.717, 1.165) is 30.8 Å². The van der Waals surface area contributed by atoms with Gasteiger partial charge in [-0.15, -0.1) is 0 Å². The van der Waals surface area contributed by atoms with Crippen molar-refractivity contribution in [3.8, 4) is 5.75 Å². The molecule has 6 heteroatoms. The van der Waals surface area contributed by atoms with Crippen LogP contribution in [0.1, 0.15) is 26.7 Å². The number of hydrogen-bond donors (Lipinski definition) is 1. The third kappa shape index (κ3) is 3.07. The second kappa shape index (κ2) is 6.01. The molecule has 0 aromatic heterocycles. The van der Waals surface area contributed by atoms with Crippen LogP contribution in [0.15, 0.2) is 23.1 Å². The predicted molar refractivity (Wildman–Crippen MR) is 79.9 cm³/mol. The van der Waals surface area contributed by atoms with Crippen molar-refractivity contribution in [1.82, 2.24) is 4.72 Å². The van der Waals surface area contributed by atoms with Gasteiger partial charge < -0.3 is 9.64 Å². The van der Waals surface area contributed by atoms with E-state index in [-0.39, 0.29) is 11.0 Å². The van der Waals surface area contributed by atoms with E-state index in [1.807, 2.05) is 18.9 Å². The van der Waals surface area contributed by atoms with Crippen molar-refractivity contribution in [2.24, 2.45) is 0 Å². The minimum absolute atomic E-state index is 0.160. The van der Waals surface area contributed by atoms with Crippen molar-refractivity contribution in [3.05, 3.63) is 18.2 Å². The minimum Gasteiger partial charge on any atom is -0.486 e. The monoisotopic (exact) mass is 298 g/mol. The molecule has 0 saturated heterocycles. The summed E-state index contributed by atoms with van der Waals surface area (Å²) in [6.45, 7) is 5.23. The second-order valence-electron chi connectivity index (χ2n) is 5.06. The summed E-state index contributed by atoms with van der Waals surface area (Å²) in [5.41, 5.74) is 0.828. The fourth-order valence-electron chi connectivity index (χ4n) is 2.22. The Labute approximate surface area is 121 Å². The fourth-order valence-corrected chi connectivity index (χ4v) is 3.37. The second-order valence-corrected chi connectivity index (χ2v) is 6.82. The van der Waals surface area contributed by atoms with Gasteiger partial charge in [-0.3, -0.25) is 0 Å². The van der Waals surface area contributed by atoms with Crippen molar-refractivity contribution in [3.63, 3.8) is 0 Å². The van der Waals surface area contributed by atoms with Crippen LogP contribution in [-0.2, 0) is 10.0 Å². The summed E-state index contributed by atoms with van der Waals surface area (Å²) in [5, 5.41) is 0. The normalized spacial score (nSPS) is 18.6. The van der Waals surface area contributed by atoms with E-state index >= 15 is 0 Å². The summed E-state index contributed by atoms with van der Waals surface area (Å²) in [5.74, 6) is 0.750. The van der Waals surface area contributed by atoms with E-state index < -0.39 is 10.0 Å². The molecule has 1 heterocycles. The SMILES string of the molecule is CCCNS(=O)(=O)c1ccc2c(c1)N(C)CC(CC)O2. The Hall–Kier alpha value is -1.27. The number of anilines is 1. The molecule has 1 N–H and O–H groups in total. The van der Waals surface area contributed by atoms with E-state index in [0.29, 0.717) is 6.54 Å². The Balaban J connectivity index is 2.31. The highest BCUT2D eigenvalue weighted by atomic mass is 32.2. The van der Waals surface area contributed by atoms with E-state index in [1.165, 1.54) is 0 Å². The van der Waals surface area contributed by atoms with Gasteiger partial charge in [0.1, 0.15) is 11.9 Å². The Morgan fingerprint density at radius 3 is 2.80 bits per heavy atom. The fraction of sp³-hybridized carbons (Fsp3) is 0.571. The van der Waals surface area contributed by atoms with E-state index in [1.54, 1.807) is 18.2 Å². The van der Waals surface area contributed by atoms with Crippen molar-refractivity contribution in [2.75, 3.05) is 25.0 Å². The minimum atomic E-state index is -3.43. The van der Waals surface area contributed by atoms with E-state index in [4.69, 9.17) is 4.74 Å². The molecule has 2 rings (SSSR count). The molecule has 0 radical (unpaired) electrons. The average Bonchev–Trinajstić information content (AvgIpc) is 2.44. The van der Waals surface area contributed by atoms with Crippen molar-refractivity contribution in [1.29, 1.82) is 0 Å². The summed E-state index contributed by atoms with van der Waals surface area (Å²) >= 11 is 0. The van der Waals surface area contributed by atoms with Gasteiger partial charge in [-0.2, -0.15) is 0 Å². The summed E-state index contributed by atoms with van der Waals surface area (Å²) in [7, 11) is -1.47. The number of benzene rings is 1. The van der Waals surface area contributed by atoms with Crippen LogP contribution in [0.4, 0.5) is 5.69 Å². The molecule has 112 valence electrons. The van der Waals surface area contributed by atoms with Gasteiger partial charge >= 0.3 is 0 Å². The van der Waals surface area contributed by atoms with Crippen molar-refractivity contribution < 1.29 is 13.2 Å². The first kappa shape index (κ1) is 15.1. The van der Waals surface area contributed by atoms with Crippen LogP contribution in [-0.4, -0.2) is 34.7 Å². The lowest BCUT2D eigenvalue weighted by Gasteiger charge is -2.33. The predicted octanol–water partition coefficient (Wildman–Crippen LogP) is 1.98. The van der Waals surface area contributed by atoms with Crippen LogP contribution < -0.4 is 14.4 Å². The molecule has 20 heavy (non-hydrogen) atoms. The molecule has 1 aromatic carbocycles. The molecule has 0 aliphatic carbocycles. The van der Waals surface area contributed by atoms with Gasteiger partial charge in [0.2, 0.25) is 10.0 Å². The van der Waals surface area contributed by atoms with Gasteiger partial charge in [-0.05, 0) is 31.0 Å². The Bertz CT molecular complexity index is 572. The van der Waals surface area contributed by atoms with Gasteiger partial charge in [0.15, 0.2) is 0 Å². The summed E-state index contributed by atoms with van der Waals surface area (Å²) in [6.07, 6.45) is 1.86. The molecule has 1 aliphatic heterocycles. The van der Waals surface area contributed by atoms with Crippen LogP contribution >= 0.6 is 0 Å². The van der Waals surface area contributed by atoms with E-state index in [2.05, 4.69) is 11.6 Å². The van der Waals surface area contributed by atoms with Crippen LogP contribution in [0.3, 0.4) is 0 Å². The molecule has 0 saturated carbocycles. The smallest absolute Gasteiger partial charge is 0.240 e. The van der Waals surface area contributed by atoms with E-state index in [9.17, 15) is 8.42 Å². The lowest BCUT2D eigenvalue weighted by atomic mass is 10.2. The summed E-state index contributed by atoms with van der Waals surface area (Å²) < 4.78 is 32.7. The standard InChI is InChI=1S/C14H22N2O3S/c1-4-8-15-20(17,18)12-6-7-14-13(9-12)16(3)10-11(5-2)19-14/h6-7,9,11,15H,4-5,8,10H2,1-3H3. The maximum atomic E-state index is 12.1. The van der Waals surface area contributed by atoms with Gasteiger partial charge in [0, 0.05) is 13.6 Å². The number of rotatable bonds is 5. The van der Waals surface area contributed by atoms with Crippen LogP contribution in [0.25, 0.3) is 0 Å². The number of nitrogens with zero attached hydrogens (tertiary/aromatic N) is 1. The first-order chi connectivity index (χ1) is 9.47. The Morgan fingerprint density at radius 2 is 2.15 bits per heavy atom. The molecular formula is C14H22N2O3S. The molecule has 0 spiro atoms. The van der Waals surface area contributed by atoms with Gasteiger partial charge in [0.05, 0.1) is 17.1 Å². The Kier molecular flexibility index (Phi) is 4.55. The van der Waals surface area contributed by atoms with Crippen LogP contribution in [0.5, 0.6) is 5.75 Å². The maximum absolute atomic E-state index is 12.1. The third-order valence-electron chi connectivity index (χ3n) is 3.42. The number of sulfonamides is 1. The number of ether oxygens (including phenoxy) is 1. The molecule has 5 nitrogen and oxygen atoms in total. The maximum Gasteiger partial charge on any atom is 0.240 e. The zero-order valence-corrected chi connectivity index (χ0v) is 13.0. The van der Waals surface area contributed by atoms with Crippen molar-refractivity contribution >= 4 is 15.7 Å². The van der Waals surface area contributed by atoms with Crippen LogP contribution in [0.2, 0.25) is 0 Å². The molecule has 0 bridgehead atoms. The zero-order chi connectivity index (χ0) is 14.8. The lowest BCUT2D eigenvalue weighted by Crippen LogP contribution is -2.37. The molecule has 1 atom stereocenters. The van der Waals surface area contributed by atoms with Gasteiger partial charge in [-0.25, -0.2) is 13.1 Å². The highest BCUT2D eigenvalue weighted by molar-refractivity contribution is 7.89. The first-order valence-electron chi connectivity index (χ1n) is 6.99. The topological polar surface area (TPSA) is 58.6 Å². The molecular weight excluding hydrogens is 276 g/mol. The molecule has 1 unspecified atom stereocenters. The highest BCUT2D eigenvalue weighted by Crippen LogP contribution is 2.35. The Morgan fingerprint density at radius 1 is 1.40 bits per heavy atom. The highest BCUT2D eigenvalue weighted by Gasteiger charge is 2.24. The first-order valence-corrected chi connectivity index (χ1v) is 8.47. The lowest BCUT2D eigenvalue weighted by molar-refractivity contribution is 0.191. The average molecular weight is 298 g/mol. The van der Waals surface area contributed by atoms with Gasteiger partial charge in [-0.1, -0.05) is 13.8 Å². The van der Waals surface area contributed by atoms with Crippen molar-refractivity contribution in [2.45, 2.75) is 37.7 Å². The molecule has 0 fully saturated rings. The number of hydrogen-bond acceptors (Lipinski definition) is 4. The number of likely N-dealkylation sites (N-methyl/N-ethyl adjacent to an activating group) is 1. The van der Waals surface area contributed by atoms with Gasteiger partial charge in [0.25, 0.3) is 0 Å². The third-order valence-corrected chi connectivity index (χ3v) is 4.88. The molecule has 0 amide bonds. The molecule has 1 aromatic rings. The zero-order valence-electron chi connectivity index (χ0n) is 12.2. The molecule has 1 aliphatic rings. The number of nitrogens with one attached hydrogen (secondary N) is 1. The van der Waals surface area contributed by atoms with Crippen LogP contribution in [0, 0.1) is 0 Å². The summed E-state index contributed by atoms with van der Waals surface area (Å²) in [6, 6.07) is 5.02. The largest absolute Gasteiger partial charge is 0.486 e.